The van der Waals surface area contributed by atoms with Gasteiger partial charge >= 0.3 is 0 Å². The van der Waals surface area contributed by atoms with Gasteiger partial charge in [0.2, 0.25) is 5.95 Å². The minimum absolute atomic E-state index is 0.641. The zero-order valence-corrected chi connectivity index (χ0v) is 29.1. The van der Waals surface area contributed by atoms with Crippen molar-refractivity contribution in [1.82, 2.24) is 14.5 Å². The smallest absolute Gasteiger partial charge is 0.235 e. The average Bonchev–Trinajstić information content (AvgIpc) is 3.74. The molecule has 0 amide bonds. The Morgan fingerprint density at radius 3 is 2.13 bits per heavy atom. The Bertz CT molecular complexity index is 2940. The molecule has 0 aliphatic heterocycles. The Morgan fingerprint density at radius 2 is 1.25 bits per heavy atom. The van der Waals surface area contributed by atoms with Crippen molar-refractivity contribution in [3.05, 3.63) is 176 Å². The molecule has 3 aromatic heterocycles. The van der Waals surface area contributed by atoms with Crippen LogP contribution in [0.2, 0.25) is 0 Å². The minimum Gasteiger partial charge on any atom is -0.457 e. The van der Waals surface area contributed by atoms with E-state index in [0.717, 1.165) is 61.3 Å². The second-order valence-corrected chi connectivity index (χ2v) is 14.1. The highest BCUT2D eigenvalue weighted by molar-refractivity contribution is 7.26. The van der Waals surface area contributed by atoms with Gasteiger partial charge in [0.1, 0.15) is 11.5 Å². The molecule has 0 spiro atoms. The van der Waals surface area contributed by atoms with Gasteiger partial charge in [0.25, 0.3) is 0 Å². The molecule has 3 heterocycles. The molecule has 0 saturated heterocycles. The van der Waals surface area contributed by atoms with Crippen molar-refractivity contribution in [2.45, 2.75) is 6.92 Å². The number of aromatic nitrogens is 3. The fourth-order valence-electron chi connectivity index (χ4n) is 7.43. The van der Waals surface area contributed by atoms with Crippen LogP contribution in [0, 0.1) is 6.92 Å². The SMILES string of the molecule is Cc1cc2c(cc1-c1ccccc1Oc1ccccc1)c1ccccc1n2-c1nccc(-c2ccc(-c3cccc4c3sc3ccccc34)cc2)n1. The van der Waals surface area contributed by atoms with Crippen LogP contribution in [0.25, 0.3) is 81.4 Å². The van der Waals surface area contributed by atoms with Gasteiger partial charge in [-0.1, -0.05) is 115 Å². The third-order valence-corrected chi connectivity index (χ3v) is 11.1. The highest BCUT2D eigenvalue weighted by Crippen LogP contribution is 2.42. The summed E-state index contributed by atoms with van der Waals surface area (Å²) in [7, 11) is 0. The molecule has 0 aliphatic carbocycles. The molecular formula is C47H31N3OS. The molecule has 0 N–H and O–H groups in total. The molecule has 0 bridgehead atoms. The molecule has 4 nitrogen and oxygen atoms in total. The van der Waals surface area contributed by atoms with Crippen LogP contribution in [-0.2, 0) is 0 Å². The van der Waals surface area contributed by atoms with Crippen LogP contribution in [-0.4, -0.2) is 14.5 Å². The van der Waals surface area contributed by atoms with Crippen LogP contribution in [0.15, 0.2) is 170 Å². The standard InChI is InChI=1S/C47H31N3OS/c1-30-28-43-40(29-39(30)36-15-6-9-20-44(36)51-33-12-3-2-4-13-33)35-14-5-8-19-42(35)50(43)47-48-27-26-41(49-47)32-24-22-31(23-25-32)34-17-11-18-38-37-16-7-10-21-45(37)52-46(34)38/h2-29H,1H3. The summed E-state index contributed by atoms with van der Waals surface area (Å²) in [5.41, 5.74) is 9.81. The quantitative estimate of drug-likeness (QED) is 0.175. The van der Waals surface area contributed by atoms with E-state index in [-0.39, 0.29) is 0 Å². The van der Waals surface area contributed by atoms with Gasteiger partial charge in [-0.2, -0.15) is 0 Å². The Morgan fingerprint density at radius 1 is 0.538 bits per heavy atom. The molecular weight excluding hydrogens is 655 g/mol. The first kappa shape index (κ1) is 30.3. The number of para-hydroxylation sites is 3. The first-order valence-electron chi connectivity index (χ1n) is 17.4. The van der Waals surface area contributed by atoms with Crippen LogP contribution in [0.1, 0.15) is 5.56 Å². The van der Waals surface area contributed by atoms with Gasteiger partial charge in [-0.15, -0.1) is 11.3 Å². The fourth-order valence-corrected chi connectivity index (χ4v) is 8.67. The molecule has 0 saturated carbocycles. The molecule has 0 fully saturated rings. The van der Waals surface area contributed by atoms with E-state index in [9.17, 15) is 0 Å². The van der Waals surface area contributed by atoms with Crippen LogP contribution in [0.4, 0.5) is 0 Å². The third kappa shape index (κ3) is 5.05. The van der Waals surface area contributed by atoms with E-state index in [1.165, 1.54) is 31.3 Å². The number of thiophene rings is 1. The minimum atomic E-state index is 0.641. The van der Waals surface area contributed by atoms with Crippen molar-refractivity contribution in [3.8, 4) is 51.0 Å². The van der Waals surface area contributed by atoms with Crippen molar-refractivity contribution < 1.29 is 4.74 Å². The number of ether oxygens (including phenoxy) is 1. The predicted molar refractivity (Wildman–Crippen MR) is 217 cm³/mol. The van der Waals surface area contributed by atoms with Gasteiger partial charge in [-0.25, -0.2) is 9.97 Å². The van der Waals surface area contributed by atoms with Gasteiger partial charge in [0, 0.05) is 48.3 Å². The van der Waals surface area contributed by atoms with Gasteiger partial charge in [0.15, 0.2) is 0 Å². The maximum atomic E-state index is 6.39. The normalized spacial score (nSPS) is 11.6. The van der Waals surface area contributed by atoms with Gasteiger partial charge in [0.05, 0.1) is 16.7 Å². The summed E-state index contributed by atoms with van der Waals surface area (Å²) in [5.74, 6) is 2.27. The van der Waals surface area contributed by atoms with E-state index < -0.39 is 0 Å². The van der Waals surface area contributed by atoms with E-state index >= 15 is 0 Å². The fraction of sp³-hybridized carbons (Fsp3) is 0.0213. The number of fused-ring (bicyclic) bond motifs is 6. The van der Waals surface area contributed by atoms with Crippen LogP contribution < -0.4 is 4.74 Å². The molecule has 5 heteroatoms. The monoisotopic (exact) mass is 685 g/mol. The maximum Gasteiger partial charge on any atom is 0.235 e. The molecule has 0 unspecified atom stereocenters. The summed E-state index contributed by atoms with van der Waals surface area (Å²) in [6.45, 7) is 2.16. The second-order valence-electron chi connectivity index (χ2n) is 13.0. The van der Waals surface area contributed by atoms with E-state index in [1.807, 2.05) is 66.1 Å². The van der Waals surface area contributed by atoms with Crippen molar-refractivity contribution >= 4 is 53.3 Å². The zero-order valence-electron chi connectivity index (χ0n) is 28.3. The number of aryl methyl sites for hydroxylation is 1. The lowest BCUT2D eigenvalue weighted by Crippen LogP contribution is -2.02. The summed E-state index contributed by atoms with van der Waals surface area (Å²) in [4.78, 5) is 10.0. The summed E-state index contributed by atoms with van der Waals surface area (Å²) in [6, 6.07) is 57.3. The van der Waals surface area contributed by atoms with E-state index in [1.54, 1.807) is 0 Å². The molecule has 7 aromatic carbocycles. The van der Waals surface area contributed by atoms with E-state index in [0.29, 0.717) is 5.95 Å². The average molecular weight is 686 g/mol. The first-order valence-corrected chi connectivity index (χ1v) is 18.2. The number of benzene rings is 7. The van der Waals surface area contributed by atoms with E-state index in [4.69, 9.17) is 14.7 Å². The molecule has 0 atom stereocenters. The van der Waals surface area contributed by atoms with Crippen molar-refractivity contribution in [2.75, 3.05) is 0 Å². The van der Waals surface area contributed by atoms with Crippen molar-refractivity contribution in [3.63, 3.8) is 0 Å². The van der Waals surface area contributed by atoms with Gasteiger partial charge in [-0.05, 0) is 77.7 Å². The highest BCUT2D eigenvalue weighted by atomic mass is 32.1. The summed E-state index contributed by atoms with van der Waals surface area (Å²) in [5, 5.41) is 4.90. The number of nitrogens with zero attached hydrogens (tertiary/aromatic N) is 3. The number of hydrogen-bond donors (Lipinski definition) is 0. The molecule has 10 rings (SSSR count). The molecule has 10 aromatic rings. The molecule has 0 aliphatic rings. The van der Waals surface area contributed by atoms with Crippen LogP contribution in [0.5, 0.6) is 11.5 Å². The second kappa shape index (κ2) is 12.3. The highest BCUT2D eigenvalue weighted by Gasteiger charge is 2.19. The summed E-state index contributed by atoms with van der Waals surface area (Å²) >= 11 is 1.86. The Hall–Kier alpha value is -6.56. The summed E-state index contributed by atoms with van der Waals surface area (Å²) < 4.78 is 11.2. The molecule has 52 heavy (non-hydrogen) atoms. The summed E-state index contributed by atoms with van der Waals surface area (Å²) in [6.07, 6.45) is 1.86. The number of hydrogen-bond acceptors (Lipinski definition) is 4. The topological polar surface area (TPSA) is 39.9 Å². The van der Waals surface area contributed by atoms with Crippen LogP contribution in [0.3, 0.4) is 0 Å². The van der Waals surface area contributed by atoms with Crippen molar-refractivity contribution in [1.29, 1.82) is 0 Å². The van der Waals surface area contributed by atoms with Crippen molar-refractivity contribution in [2.24, 2.45) is 0 Å². The number of rotatable bonds is 6. The van der Waals surface area contributed by atoms with Crippen LogP contribution >= 0.6 is 11.3 Å². The Kier molecular flexibility index (Phi) is 7.18. The lowest BCUT2D eigenvalue weighted by molar-refractivity contribution is 0.484. The predicted octanol–water partition coefficient (Wildman–Crippen LogP) is 13.0. The largest absolute Gasteiger partial charge is 0.457 e. The van der Waals surface area contributed by atoms with E-state index in [2.05, 4.69) is 127 Å². The lowest BCUT2D eigenvalue weighted by Gasteiger charge is -2.14. The lowest BCUT2D eigenvalue weighted by atomic mass is 9.97. The Labute approximate surface area is 304 Å². The maximum absolute atomic E-state index is 6.39. The Balaban J connectivity index is 1.05. The zero-order chi connectivity index (χ0) is 34.6. The van der Waals surface area contributed by atoms with Gasteiger partial charge in [-0.3, -0.25) is 4.57 Å². The third-order valence-electron chi connectivity index (χ3n) is 9.91. The van der Waals surface area contributed by atoms with Gasteiger partial charge < -0.3 is 4.74 Å². The molecule has 0 radical (unpaired) electrons. The first-order chi connectivity index (χ1) is 25.7. The molecule has 246 valence electrons.